The third kappa shape index (κ3) is 3.36. The monoisotopic (exact) mass is 512 g/mol. The van der Waals surface area contributed by atoms with E-state index in [4.69, 9.17) is 32.7 Å². The Bertz CT molecular complexity index is 1710. The molecule has 4 heterocycles. The predicted octanol–water partition coefficient (Wildman–Crippen LogP) is 7.67. The van der Waals surface area contributed by atoms with Crippen LogP contribution in [0.25, 0.3) is 54.7 Å². The van der Waals surface area contributed by atoms with Gasteiger partial charge in [-0.05, 0) is 71.8 Å². The molecule has 2 unspecified atom stereocenters. The molecule has 0 amide bonds. The summed E-state index contributed by atoms with van der Waals surface area (Å²) in [5.74, 6) is 0. The number of aromatic nitrogens is 2. The standard InChI is InChI=1S/C30H22Cl2N2O2/c31-19-3-7-29-25(11-19)23-9-17(1-5-27(23)33(29)13-21-15-35-21)18-2-6-28-24(10-18)26-12-20(32)4-8-30(26)34(28)14-22-16-36-22/h1-12,21-22H,13-16H2. The van der Waals surface area contributed by atoms with E-state index in [-0.39, 0.29) is 0 Å². The lowest BCUT2D eigenvalue weighted by molar-refractivity contribution is 0.387. The van der Waals surface area contributed by atoms with E-state index in [1.54, 1.807) is 0 Å². The van der Waals surface area contributed by atoms with Crippen LogP contribution in [0.15, 0.2) is 72.8 Å². The summed E-state index contributed by atoms with van der Waals surface area (Å²) >= 11 is 12.8. The molecule has 0 saturated carbocycles. The topological polar surface area (TPSA) is 34.9 Å². The van der Waals surface area contributed by atoms with Gasteiger partial charge in [0.05, 0.1) is 38.5 Å². The summed E-state index contributed by atoms with van der Waals surface area (Å²) in [6, 6.07) is 25.8. The molecule has 178 valence electrons. The minimum Gasteiger partial charge on any atom is -0.371 e. The first-order valence-electron chi connectivity index (χ1n) is 12.3. The van der Waals surface area contributed by atoms with Crippen LogP contribution in [0.2, 0.25) is 10.0 Å². The second kappa shape index (κ2) is 7.74. The second-order valence-electron chi connectivity index (χ2n) is 9.92. The second-order valence-corrected chi connectivity index (χ2v) is 10.8. The van der Waals surface area contributed by atoms with Gasteiger partial charge in [0.15, 0.2) is 0 Å². The van der Waals surface area contributed by atoms with Crippen LogP contribution in [0.1, 0.15) is 0 Å². The SMILES string of the molecule is Clc1ccc2c(c1)c1cc(-c3ccc4c(c3)c3cc(Cl)ccc3n4CC3CO3)ccc1n2CC1CO1. The smallest absolute Gasteiger partial charge is 0.0988 e. The molecule has 2 aliphatic heterocycles. The van der Waals surface area contributed by atoms with Gasteiger partial charge in [-0.15, -0.1) is 0 Å². The molecule has 0 bridgehead atoms. The van der Waals surface area contributed by atoms with Crippen LogP contribution in [0.3, 0.4) is 0 Å². The van der Waals surface area contributed by atoms with Crippen LogP contribution in [-0.2, 0) is 22.6 Å². The third-order valence-corrected chi connectivity index (χ3v) is 8.03. The molecule has 2 saturated heterocycles. The summed E-state index contributed by atoms with van der Waals surface area (Å²) in [5, 5.41) is 6.27. The Morgan fingerprint density at radius 1 is 0.556 bits per heavy atom. The van der Waals surface area contributed by atoms with E-state index in [2.05, 4.69) is 69.8 Å². The van der Waals surface area contributed by atoms with Crippen LogP contribution in [0.4, 0.5) is 0 Å². The highest BCUT2D eigenvalue weighted by atomic mass is 35.5. The Kier molecular flexibility index (Phi) is 4.54. The average Bonchev–Trinajstić information content (AvgIpc) is 3.82. The van der Waals surface area contributed by atoms with Gasteiger partial charge in [0.25, 0.3) is 0 Å². The summed E-state index contributed by atoms with van der Waals surface area (Å²) in [4.78, 5) is 0. The highest BCUT2D eigenvalue weighted by Crippen LogP contribution is 2.38. The molecule has 6 heteroatoms. The van der Waals surface area contributed by atoms with Crippen LogP contribution in [-0.4, -0.2) is 34.6 Å². The molecule has 8 rings (SSSR count). The molecule has 2 aliphatic rings. The Hall–Kier alpha value is -3.02. The minimum atomic E-state index is 0.298. The van der Waals surface area contributed by atoms with E-state index < -0.39 is 0 Å². The van der Waals surface area contributed by atoms with Crippen molar-refractivity contribution in [2.45, 2.75) is 25.3 Å². The summed E-state index contributed by atoms with van der Waals surface area (Å²) < 4.78 is 15.8. The van der Waals surface area contributed by atoms with Crippen LogP contribution in [0.5, 0.6) is 0 Å². The number of ether oxygens (including phenoxy) is 2. The van der Waals surface area contributed by atoms with Gasteiger partial charge in [-0.3, -0.25) is 0 Å². The number of fused-ring (bicyclic) bond motifs is 6. The number of hydrogen-bond acceptors (Lipinski definition) is 2. The van der Waals surface area contributed by atoms with Gasteiger partial charge in [0, 0.05) is 53.7 Å². The van der Waals surface area contributed by atoms with Gasteiger partial charge in [-0.1, -0.05) is 35.3 Å². The molecule has 0 N–H and O–H groups in total. The normalized spacial score (nSPS) is 19.2. The fraction of sp³-hybridized carbons (Fsp3) is 0.200. The maximum Gasteiger partial charge on any atom is 0.0988 e. The Labute approximate surface area is 217 Å². The van der Waals surface area contributed by atoms with Gasteiger partial charge in [-0.25, -0.2) is 0 Å². The van der Waals surface area contributed by atoms with Gasteiger partial charge in [0.1, 0.15) is 0 Å². The van der Waals surface area contributed by atoms with E-state index >= 15 is 0 Å². The van der Waals surface area contributed by atoms with Crippen LogP contribution < -0.4 is 0 Å². The number of benzene rings is 4. The first-order chi connectivity index (χ1) is 17.6. The van der Waals surface area contributed by atoms with Crippen molar-refractivity contribution in [3.05, 3.63) is 82.8 Å². The summed E-state index contributed by atoms with van der Waals surface area (Å²) in [6.45, 7) is 3.38. The number of halogens is 2. The van der Waals surface area contributed by atoms with Crippen molar-refractivity contribution in [1.29, 1.82) is 0 Å². The van der Waals surface area contributed by atoms with Gasteiger partial charge in [0.2, 0.25) is 0 Å². The van der Waals surface area contributed by atoms with Crippen molar-refractivity contribution in [3.8, 4) is 11.1 Å². The zero-order valence-electron chi connectivity index (χ0n) is 19.4. The lowest BCUT2D eigenvalue weighted by Gasteiger charge is -2.08. The number of epoxide rings is 2. The zero-order chi connectivity index (χ0) is 24.0. The van der Waals surface area contributed by atoms with Crippen molar-refractivity contribution in [2.75, 3.05) is 13.2 Å². The van der Waals surface area contributed by atoms with E-state index in [1.807, 2.05) is 12.1 Å². The molecular formula is C30H22Cl2N2O2. The number of rotatable bonds is 5. The maximum absolute atomic E-state index is 6.42. The highest BCUT2D eigenvalue weighted by molar-refractivity contribution is 6.32. The molecule has 2 atom stereocenters. The maximum atomic E-state index is 6.42. The molecule has 2 fully saturated rings. The van der Waals surface area contributed by atoms with Gasteiger partial charge < -0.3 is 18.6 Å². The minimum absolute atomic E-state index is 0.298. The highest BCUT2D eigenvalue weighted by Gasteiger charge is 2.26. The molecule has 6 aromatic rings. The fourth-order valence-corrected chi connectivity index (χ4v) is 6.00. The van der Waals surface area contributed by atoms with Crippen LogP contribution in [0, 0.1) is 0 Å². The quantitative estimate of drug-likeness (QED) is 0.222. The molecule has 4 aromatic carbocycles. The van der Waals surface area contributed by atoms with Crippen molar-refractivity contribution in [2.24, 2.45) is 0 Å². The van der Waals surface area contributed by atoms with E-state index in [9.17, 15) is 0 Å². The Balaban J connectivity index is 1.33. The summed E-state index contributed by atoms with van der Waals surface area (Å²) in [6.07, 6.45) is 0.596. The molecule has 36 heavy (non-hydrogen) atoms. The summed E-state index contributed by atoms with van der Waals surface area (Å²) in [7, 11) is 0. The van der Waals surface area contributed by atoms with Crippen molar-refractivity contribution < 1.29 is 9.47 Å². The van der Waals surface area contributed by atoms with Gasteiger partial charge in [-0.2, -0.15) is 0 Å². The first kappa shape index (κ1) is 21.1. The van der Waals surface area contributed by atoms with E-state index in [0.29, 0.717) is 12.2 Å². The number of nitrogens with zero attached hydrogens (tertiary/aromatic N) is 2. The van der Waals surface area contributed by atoms with E-state index in [0.717, 1.165) is 36.3 Å². The molecule has 2 aromatic heterocycles. The molecule has 0 aliphatic carbocycles. The van der Waals surface area contributed by atoms with E-state index in [1.165, 1.54) is 54.7 Å². The Morgan fingerprint density at radius 2 is 0.917 bits per heavy atom. The lowest BCUT2D eigenvalue weighted by Crippen LogP contribution is -2.03. The predicted molar refractivity (Wildman–Crippen MR) is 147 cm³/mol. The molecule has 4 nitrogen and oxygen atoms in total. The van der Waals surface area contributed by atoms with Crippen molar-refractivity contribution in [3.63, 3.8) is 0 Å². The largest absolute Gasteiger partial charge is 0.371 e. The first-order valence-corrected chi connectivity index (χ1v) is 13.0. The average molecular weight is 513 g/mol. The molecule has 0 spiro atoms. The van der Waals surface area contributed by atoms with Crippen molar-refractivity contribution >= 4 is 66.8 Å². The lowest BCUT2D eigenvalue weighted by atomic mass is 10.0. The number of hydrogen-bond donors (Lipinski definition) is 0. The van der Waals surface area contributed by atoms with Crippen molar-refractivity contribution in [1.82, 2.24) is 9.13 Å². The molecular weight excluding hydrogens is 491 g/mol. The Morgan fingerprint density at radius 3 is 1.31 bits per heavy atom. The molecule has 0 radical (unpaired) electrons. The zero-order valence-corrected chi connectivity index (χ0v) is 20.9. The fourth-order valence-electron chi connectivity index (χ4n) is 5.66. The third-order valence-electron chi connectivity index (χ3n) is 7.56. The summed E-state index contributed by atoms with van der Waals surface area (Å²) in [5.41, 5.74) is 7.16. The van der Waals surface area contributed by atoms with Crippen LogP contribution >= 0.6 is 23.2 Å². The van der Waals surface area contributed by atoms with Gasteiger partial charge >= 0.3 is 0 Å².